The zero-order valence-corrected chi connectivity index (χ0v) is 16.9. The van der Waals surface area contributed by atoms with Crippen LogP contribution in [0.25, 0.3) is 0 Å². The summed E-state index contributed by atoms with van der Waals surface area (Å²) in [6, 6.07) is 7.35. The van der Waals surface area contributed by atoms with Crippen LogP contribution in [0.15, 0.2) is 24.3 Å². The van der Waals surface area contributed by atoms with Crippen LogP contribution in [0.5, 0.6) is 0 Å². The Balaban J connectivity index is 2.07. The molecule has 1 aliphatic rings. The highest BCUT2D eigenvalue weighted by atomic mass is 16.6. The van der Waals surface area contributed by atoms with Gasteiger partial charge in [0.25, 0.3) is 0 Å². The minimum Gasteiger partial charge on any atom is -0.478 e. The van der Waals surface area contributed by atoms with Crippen LogP contribution in [0.4, 0.5) is 4.79 Å². The first-order valence-corrected chi connectivity index (χ1v) is 9.74. The van der Waals surface area contributed by atoms with Crippen molar-refractivity contribution in [1.29, 1.82) is 0 Å². The van der Waals surface area contributed by atoms with Gasteiger partial charge in [0.05, 0.1) is 5.56 Å². The van der Waals surface area contributed by atoms with E-state index in [1.165, 1.54) is 0 Å². The van der Waals surface area contributed by atoms with Crippen molar-refractivity contribution in [3.63, 3.8) is 0 Å². The first-order valence-electron chi connectivity index (χ1n) is 9.74. The third-order valence-electron chi connectivity index (χ3n) is 4.71. The third kappa shape index (κ3) is 6.54. The van der Waals surface area contributed by atoms with Crippen molar-refractivity contribution in [3.8, 4) is 0 Å². The molecule has 0 bridgehead atoms. The quantitative estimate of drug-likeness (QED) is 0.813. The molecule has 0 aromatic heterocycles. The molecule has 1 atom stereocenters. The number of ether oxygens (including phenoxy) is 1. The summed E-state index contributed by atoms with van der Waals surface area (Å²) < 4.78 is 5.53. The van der Waals surface area contributed by atoms with E-state index in [-0.39, 0.29) is 12.1 Å². The number of carbonyl (C=O) groups is 2. The van der Waals surface area contributed by atoms with Crippen molar-refractivity contribution in [2.45, 2.75) is 65.1 Å². The summed E-state index contributed by atoms with van der Waals surface area (Å²) >= 11 is 0. The molecular formula is C21H32N2O4. The smallest absolute Gasteiger partial charge is 0.410 e. The molecule has 1 fully saturated rings. The van der Waals surface area contributed by atoms with Gasteiger partial charge >= 0.3 is 12.1 Å². The van der Waals surface area contributed by atoms with Gasteiger partial charge < -0.3 is 14.7 Å². The number of hydrogen-bond acceptors (Lipinski definition) is 4. The van der Waals surface area contributed by atoms with Gasteiger partial charge in [0.2, 0.25) is 0 Å². The lowest BCUT2D eigenvalue weighted by Crippen LogP contribution is -2.55. The summed E-state index contributed by atoms with van der Waals surface area (Å²) in [5.41, 5.74) is 0.803. The maximum absolute atomic E-state index is 12.4. The molecule has 150 valence electrons. The highest BCUT2D eigenvalue weighted by Gasteiger charge is 2.31. The van der Waals surface area contributed by atoms with Gasteiger partial charge in [-0.25, -0.2) is 9.59 Å². The predicted molar refractivity (Wildman–Crippen MR) is 105 cm³/mol. The van der Waals surface area contributed by atoms with Gasteiger partial charge in [-0.05, 0) is 44.9 Å². The van der Waals surface area contributed by atoms with Gasteiger partial charge in [-0.3, -0.25) is 4.90 Å². The molecule has 1 aromatic rings. The van der Waals surface area contributed by atoms with E-state index in [4.69, 9.17) is 4.74 Å². The van der Waals surface area contributed by atoms with E-state index >= 15 is 0 Å². The SMILES string of the molecule is CCCC[C@H]1CN(C(=O)OC(C)(C)C)CCN1Cc1cccc(C(=O)O)c1. The fourth-order valence-electron chi connectivity index (χ4n) is 3.34. The Hall–Kier alpha value is -2.08. The van der Waals surface area contributed by atoms with Gasteiger partial charge in [0.15, 0.2) is 0 Å². The van der Waals surface area contributed by atoms with Crippen LogP contribution < -0.4 is 0 Å². The second kappa shape index (κ2) is 9.22. The first-order chi connectivity index (χ1) is 12.7. The van der Waals surface area contributed by atoms with E-state index in [2.05, 4.69) is 11.8 Å². The minimum absolute atomic E-state index is 0.250. The van der Waals surface area contributed by atoms with E-state index in [9.17, 15) is 14.7 Å². The van der Waals surface area contributed by atoms with E-state index in [1.807, 2.05) is 26.8 Å². The summed E-state index contributed by atoms with van der Waals surface area (Å²) in [6.45, 7) is 10.5. The van der Waals surface area contributed by atoms with Gasteiger partial charge in [0.1, 0.15) is 5.60 Å². The number of nitrogens with zero attached hydrogens (tertiary/aromatic N) is 2. The Morgan fingerprint density at radius 2 is 2.00 bits per heavy atom. The van der Waals surface area contributed by atoms with Gasteiger partial charge in [-0.2, -0.15) is 0 Å². The standard InChI is InChI=1S/C21H32N2O4/c1-5-6-10-18-15-23(20(26)27-21(2,3)4)12-11-22(18)14-16-8-7-9-17(13-16)19(24)25/h7-9,13,18H,5-6,10-12,14-15H2,1-4H3,(H,24,25)/t18-/m0/s1. The molecule has 1 heterocycles. The lowest BCUT2D eigenvalue weighted by molar-refractivity contribution is 0.00100. The molecule has 2 rings (SSSR count). The Morgan fingerprint density at radius 1 is 1.26 bits per heavy atom. The van der Waals surface area contributed by atoms with Crippen molar-refractivity contribution >= 4 is 12.1 Å². The molecule has 0 aliphatic carbocycles. The normalized spacial score (nSPS) is 18.4. The highest BCUT2D eigenvalue weighted by Crippen LogP contribution is 2.21. The Kier molecular flexibility index (Phi) is 7.25. The van der Waals surface area contributed by atoms with E-state index < -0.39 is 11.6 Å². The molecule has 1 amide bonds. The molecule has 1 aliphatic heterocycles. The molecule has 0 radical (unpaired) electrons. The number of carboxylic acid groups (broad SMARTS) is 1. The summed E-state index contributed by atoms with van der Waals surface area (Å²) in [7, 11) is 0. The fourth-order valence-corrected chi connectivity index (χ4v) is 3.34. The second-order valence-corrected chi connectivity index (χ2v) is 8.20. The second-order valence-electron chi connectivity index (χ2n) is 8.20. The number of benzene rings is 1. The number of carboxylic acids is 1. The van der Waals surface area contributed by atoms with Crippen molar-refractivity contribution in [2.24, 2.45) is 0 Å². The van der Waals surface area contributed by atoms with Crippen LogP contribution in [-0.2, 0) is 11.3 Å². The average molecular weight is 376 g/mol. The average Bonchev–Trinajstić information content (AvgIpc) is 2.59. The minimum atomic E-state index is -0.908. The van der Waals surface area contributed by atoms with E-state index in [0.717, 1.165) is 31.4 Å². The number of amides is 1. The number of carbonyl (C=O) groups excluding carboxylic acids is 1. The van der Waals surface area contributed by atoms with Gasteiger partial charge in [-0.15, -0.1) is 0 Å². The lowest BCUT2D eigenvalue weighted by Gasteiger charge is -2.42. The summed E-state index contributed by atoms with van der Waals surface area (Å²) in [5, 5.41) is 9.20. The van der Waals surface area contributed by atoms with Crippen molar-refractivity contribution in [2.75, 3.05) is 19.6 Å². The number of aromatic carboxylic acids is 1. The van der Waals surface area contributed by atoms with Crippen molar-refractivity contribution in [1.82, 2.24) is 9.80 Å². The third-order valence-corrected chi connectivity index (χ3v) is 4.71. The zero-order valence-electron chi connectivity index (χ0n) is 16.9. The molecule has 0 saturated carbocycles. The topological polar surface area (TPSA) is 70.1 Å². The number of rotatable bonds is 6. The molecule has 6 heteroatoms. The molecule has 0 unspecified atom stereocenters. The molecule has 1 aromatic carbocycles. The molecule has 0 spiro atoms. The molecule has 1 saturated heterocycles. The molecule has 1 N–H and O–H groups in total. The summed E-state index contributed by atoms with van der Waals surface area (Å²) in [4.78, 5) is 27.8. The van der Waals surface area contributed by atoms with Gasteiger partial charge in [-0.1, -0.05) is 31.9 Å². The zero-order chi connectivity index (χ0) is 20.0. The van der Waals surface area contributed by atoms with Crippen LogP contribution in [0, 0.1) is 0 Å². The Bertz CT molecular complexity index is 654. The predicted octanol–water partition coefficient (Wildman–Crippen LogP) is 4.00. The van der Waals surface area contributed by atoms with Crippen molar-refractivity contribution < 1.29 is 19.4 Å². The molecular weight excluding hydrogens is 344 g/mol. The number of hydrogen-bond donors (Lipinski definition) is 1. The maximum Gasteiger partial charge on any atom is 0.410 e. The molecule has 27 heavy (non-hydrogen) atoms. The van der Waals surface area contributed by atoms with E-state index in [0.29, 0.717) is 25.2 Å². The van der Waals surface area contributed by atoms with Crippen LogP contribution in [0.2, 0.25) is 0 Å². The highest BCUT2D eigenvalue weighted by molar-refractivity contribution is 5.87. The van der Waals surface area contributed by atoms with Gasteiger partial charge in [0, 0.05) is 32.2 Å². The number of unbranched alkanes of at least 4 members (excludes halogenated alkanes) is 1. The molecule has 6 nitrogen and oxygen atoms in total. The van der Waals surface area contributed by atoms with Crippen LogP contribution in [0.1, 0.15) is 62.9 Å². The van der Waals surface area contributed by atoms with Crippen LogP contribution in [-0.4, -0.2) is 58.2 Å². The fraction of sp³-hybridized carbons (Fsp3) is 0.619. The van der Waals surface area contributed by atoms with Crippen LogP contribution in [0.3, 0.4) is 0 Å². The summed E-state index contributed by atoms with van der Waals surface area (Å²) in [5.74, 6) is -0.908. The summed E-state index contributed by atoms with van der Waals surface area (Å²) in [6.07, 6.45) is 2.95. The van der Waals surface area contributed by atoms with Crippen molar-refractivity contribution in [3.05, 3.63) is 35.4 Å². The van der Waals surface area contributed by atoms with Crippen LogP contribution >= 0.6 is 0 Å². The maximum atomic E-state index is 12.4. The lowest BCUT2D eigenvalue weighted by atomic mass is 10.0. The monoisotopic (exact) mass is 376 g/mol. The first kappa shape index (κ1) is 21.2. The van der Waals surface area contributed by atoms with E-state index in [1.54, 1.807) is 23.1 Å². The largest absolute Gasteiger partial charge is 0.478 e. The Morgan fingerprint density at radius 3 is 2.63 bits per heavy atom. The Labute approximate surface area is 162 Å². The number of piperazine rings is 1.